The van der Waals surface area contributed by atoms with Crippen LogP contribution in [0, 0.1) is 11.8 Å². The minimum Gasteiger partial charge on any atom is -0.508 e. The maximum absolute atomic E-state index is 12.2. The van der Waals surface area contributed by atoms with Crippen LogP contribution in [0.2, 0.25) is 0 Å². The molecule has 1 N–H and O–H groups in total. The van der Waals surface area contributed by atoms with Crippen molar-refractivity contribution in [1.82, 2.24) is 4.90 Å². The molecule has 1 aromatic carbocycles. The molecule has 3 nitrogen and oxygen atoms in total. The summed E-state index contributed by atoms with van der Waals surface area (Å²) in [6, 6.07) is 7.08. The van der Waals surface area contributed by atoms with Gasteiger partial charge in [0.25, 0.3) is 0 Å². The number of hydrogen-bond acceptors (Lipinski definition) is 2. The van der Waals surface area contributed by atoms with Crippen molar-refractivity contribution in [3.05, 3.63) is 29.8 Å². The number of para-hydroxylation sites is 1. The number of nitrogens with zero attached hydrogens (tertiary/aromatic N) is 1. The summed E-state index contributed by atoms with van der Waals surface area (Å²) in [7, 11) is 0. The lowest BCUT2D eigenvalue weighted by Gasteiger charge is -2.34. The van der Waals surface area contributed by atoms with Crippen LogP contribution >= 0.6 is 0 Å². The Balaban J connectivity index is 1.90. The zero-order valence-electron chi connectivity index (χ0n) is 11.8. The molecule has 1 aliphatic rings. The van der Waals surface area contributed by atoms with Gasteiger partial charge in [0.2, 0.25) is 5.91 Å². The van der Waals surface area contributed by atoms with Gasteiger partial charge in [0.05, 0.1) is 6.42 Å². The van der Waals surface area contributed by atoms with E-state index in [2.05, 4.69) is 13.8 Å². The number of amides is 1. The molecule has 19 heavy (non-hydrogen) atoms. The largest absolute Gasteiger partial charge is 0.508 e. The first-order chi connectivity index (χ1) is 9.08. The Kier molecular flexibility index (Phi) is 4.46. The minimum absolute atomic E-state index is 0.128. The highest BCUT2D eigenvalue weighted by molar-refractivity contribution is 5.79. The number of carbonyl (C=O) groups excluding carboxylic acids is 1. The van der Waals surface area contributed by atoms with E-state index in [4.69, 9.17) is 0 Å². The molecule has 1 saturated heterocycles. The van der Waals surface area contributed by atoms with E-state index in [1.54, 1.807) is 12.1 Å². The summed E-state index contributed by atoms with van der Waals surface area (Å²) >= 11 is 0. The molecular weight excluding hydrogens is 238 g/mol. The molecule has 1 aliphatic heterocycles. The highest BCUT2D eigenvalue weighted by Crippen LogP contribution is 2.25. The van der Waals surface area contributed by atoms with Crippen LogP contribution in [-0.4, -0.2) is 29.0 Å². The number of phenols is 1. The first-order valence-electron chi connectivity index (χ1n) is 7.12. The summed E-state index contributed by atoms with van der Waals surface area (Å²) in [4.78, 5) is 14.1. The van der Waals surface area contributed by atoms with E-state index in [0.717, 1.165) is 37.4 Å². The van der Waals surface area contributed by atoms with Gasteiger partial charge >= 0.3 is 0 Å². The molecule has 0 bridgehead atoms. The molecule has 1 aromatic rings. The van der Waals surface area contributed by atoms with Crippen molar-refractivity contribution >= 4 is 5.91 Å². The van der Waals surface area contributed by atoms with E-state index in [1.807, 2.05) is 17.0 Å². The lowest BCUT2D eigenvalue weighted by Crippen LogP contribution is -2.40. The van der Waals surface area contributed by atoms with Crippen LogP contribution in [0.5, 0.6) is 5.75 Å². The van der Waals surface area contributed by atoms with E-state index in [-0.39, 0.29) is 11.7 Å². The number of benzene rings is 1. The number of piperidine rings is 1. The van der Waals surface area contributed by atoms with E-state index in [0.29, 0.717) is 12.3 Å². The van der Waals surface area contributed by atoms with Gasteiger partial charge in [-0.2, -0.15) is 0 Å². The van der Waals surface area contributed by atoms with Crippen molar-refractivity contribution in [2.75, 3.05) is 13.1 Å². The van der Waals surface area contributed by atoms with Crippen LogP contribution in [0.25, 0.3) is 0 Å². The number of carbonyl (C=O) groups is 1. The zero-order chi connectivity index (χ0) is 13.8. The van der Waals surface area contributed by atoms with Crippen LogP contribution in [0.1, 0.15) is 32.3 Å². The van der Waals surface area contributed by atoms with Crippen molar-refractivity contribution in [1.29, 1.82) is 0 Å². The Hall–Kier alpha value is -1.51. The number of rotatable bonds is 3. The molecule has 0 aromatic heterocycles. The van der Waals surface area contributed by atoms with Gasteiger partial charge in [0.15, 0.2) is 0 Å². The van der Waals surface area contributed by atoms with E-state index >= 15 is 0 Å². The van der Waals surface area contributed by atoms with Gasteiger partial charge in [-0.1, -0.05) is 32.0 Å². The molecule has 2 rings (SSSR count). The molecule has 104 valence electrons. The molecule has 0 unspecified atom stereocenters. The Labute approximate surface area is 115 Å². The summed E-state index contributed by atoms with van der Waals surface area (Å²) in [5.41, 5.74) is 0.721. The van der Waals surface area contributed by atoms with Gasteiger partial charge in [-0.05, 0) is 30.7 Å². The second-order valence-electron chi connectivity index (χ2n) is 5.77. The maximum atomic E-state index is 12.2. The van der Waals surface area contributed by atoms with Gasteiger partial charge in [-0.3, -0.25) is 4.79 Å². The Morgan fingerprint density at radius 1 is 1.32 bits per heavy atom. The van der Waals surface area contributed by atoms with Crippen molar-refractivity contribution < 1.29 is 9.90 Å². The van der Waals surface area contributed by atoms with Gasteiger partial charge in [-0.15, -0.1) is 0 Å². The van der Waals surface area contributed by atoms with Crippen molar-refractivity contribution in [2.45, 2.75) is 33.1 Å². The fraction of sp³-hybridized carbons (Fsp3) is 0.562. The molecule has 0 spiro atoms. The van der Waals surface area contributed by atoms with E-state index < -0.39 is 0 Å². The van der Waals surface area contributed by atoms with Crippen LogP contribution in [0.3, 0.4) is 0 Å². The highest BCUT2D eigenvalue weighted by atomic mass is 16.3. The zero-order valence-corrected chi connectivity index (χ0v) is 11.8. The Morgan fingerprint density at radius 3 is 2.53 bits per heavy atom. The van der Waals surface area contributed by atoms with Crippen molar-refractivity contribution in [2.24, 2.45) is 11.8 Å². The third kappa shape index (κ3) is 3.49. The highest BCUT2D eigenvalue weighted by Gasteiger charge is 2.24. The molecule has 1 amide bonds. The standard InChI is InChI=1S/C16H23NO2/c1-12(2)13-7-9-17(10-8-13)16(19)11-14-5-3-4-6-15(14)18/h3-6,12-13,18H,7-11H2,1-2H3. The predicted octanol–water partition coefficient (Wildman–Crippen LogP) is 2.83. The molecular formula is C16H23NO2. The molecule has 0 aliphatic carbocycles. The normalized spacial score (nSPS) is 16.9. The number of hydrogen-bond donors (Lipinski definition) is 1. The van der Waals surface area contributed by atoms with Gasteiger partial charge < -0.3 is 10.0 Å². The lowest BCUT2D eigenvalue weighted by atomic mass is 9.86. The molecule has 1 heterocycles. The quantitative estimate of drug-likeness (QED) is 0.909. The first kappa shape index (κ1) is 13.9. The van der Waals surface area contributed by atoms with Gasteiger partial charge in [0.1, 0.15) is 5.75 Å². The average molecular weight is 261 g/mol. The molecule has 0 saturated carbocycles. The van der Waals surface area contributed by atoms with Crippen LogP contribution in [-0.2, 0) is 11.2 Å². The summed E-state index contributed by atoms with van der Waals surface area (Å²) in [6.07, 6.45) is 2.51. The second kappa shape index (κ2) is 6.09. The van der Waals surface area contributed by atoms with Crippen LogP contribution in [0.4, 0.5) is 0 Å². The fourth-order valence-corrected chi connectivity index (χ4v) is 2.75. The Bertz CT molecular complexity index is 434. The SMILES string of the molecule is CC(C)C1CCN(C(=O)Cc2ccccc2O)CC1. The van der Waals surface area contributed by atoms with Crippen LogP contribution < -0.4 is 0 Å². The van der Waals surface area contributed by atoms with Gasteiger partial charge in [-0.25, -0.2) is 0 Å². The number of phenolic OH excluding ortho intramolecular Hbond substituents is 1. The second-order valence-corrected chi connectivity index (χ2v) is 5.77. The molecule has 0 radical (unpaired) electrons. The average Bonchev–Trinajstić information content (AvgIpc) is 2.41. The van der Waals surface area contributed by atoms with E-state index in [1.165, 1.54) is 0 Å². The Morgan fingerprint density at radius 2 is 1.95 bits per heavy atom. The summed E-state index contributed by atoms with van der Waals surface area (Å²) in [6.45, 7) is 6.22. The summed E-state index contributed by atoms with van der Waals surface area (Å²) < 4.78 is 0. The summed E-state index contributed by atoms with van der Waals surface area (Å²) in [5.74, 6) is 1.79. The number of aromatic hydroxyl groups is 1. The maximum Gasteiger partial charge on any atom is 0.227 e. The number of likely N-dealkylation sites (tertiary alicyclic amines) is 1. The van der Waals surface area contributed by atoms with Gasteiger partial charge in [0, 0.05) is 18.7 Å². The van der Waals surface area contributed by atoms with Crippen LogP contribution in [0.15, 0.2) is 24.3 Å². The third-order valence-electron chi connectivity index (χ3n) is 4.17. The monoisotopic (exact) mass is 261 g/mol. The first-order valence-corrected chi connectivity index (χ1v) is 7.12. The predicted molar refractivity (Wildman–Crippen MR) is 76.0 cm³/mol. The molecule has 3 heteroatoms. The van der Waals surface area contributed by atoms with Crippen molar-refractivity contribution in [3.8, 4) is 5.75 Å². The molecule has 0 atom stereocenters. The summed E-state index contributed by atoms with van der Waals surface area (Å²) in [5, 5.41) is 9.70. The fourth-order valence-electron chi connectivity index (χ4n) is 2.75. The minimum atomic E-state index is 0.128. The smallest absolute Gasteiger partial charge is 0.227 e. The topological polar surface area (TPSA) is 40.5 Å². The third-order valence-corrected chi connectivity index (χ3v) is 4.17. The lowest BCUT2D eigenvalue weighted by molar-refractivity contribution is -0.132. The molecule has 1 fully saturated rings. The van der Waals surface area contributed by atoms with E-state index in [9.17, 15) is 9.90 Å². The van der Waals surface area contributed by atoms with Crippen molar-refractivity contribution in [3.63, 3.8) is 0 Å².